The van der Waals surface area contributed by atoms with E-state index in [1.54, 1.807) is 29.0 Å². The molecule has 4 aromatic rings. The quantitative estimate of drug-likeness (QED) is 0.405. The minimum Gasteiger partial charge on any atom is -0.322 e. The van der Waals surface area contributed by atoms with E-state index in [0.29, 0.717) is 16.9 Å². The van der Waals surface area contributed by atoms with Crippen LogP contribution in [-0.4, -0.2) is 43.5 Å². The highest BCUT2D eigenvalue weighted by Gasteiger charge is 2.34. The Morgan fingerprint density at radius 3 is 2.68 bits per heavy atom. The van der Waals surface area contributed by atoms with Gasteiger partial charge in [0, 0.05) is 36.4 Å². The first-order valence-corrected chi connectivity index (χ1v) is 11.9. The van der Waals surface area contributed by atoms with E-state index in [1.807, 2.05) is 4.90 Å². The molecule has 37 heavy (non-hydrogen) atoms. The number of anilines is 1. The number of pyridine rings is 1. The molecule has 1 N–H and O–H groups in total. The molecule has 5 rings (SSSR count). The van der Waals surface area contributed by atoms with Gasteiger partial charge >= 0.3 is 6.18 Å². The van der Waals surface area contributed by atoms with E-state index < -0.39 is 17.6 Å². The van der Waals surface area contributed by atoms with Crippen molar-refractivity contribution in [2.24, 2.45) is 0 Å². The van der Waals surface area contributed by atoms with Gasteiger partial charge in [0.1, 0.15) is 5.69 Å². The van der Waals surface area contributed by atoms with Crippen LogP contribution in [0.2, 0.25) is 0 Å². The summed E-state index contributed by atoms with van der Waals surface area (Å²) in [5.74, 6) is 5.30. The highest BCUT2D eigenvalue weighted by Crippen LogP contribution is 2.35. The summed E-state index contributed by atoms with van der Waals surface area (Å²) in [4.78, 5) is 23.1. The summed E-state index contributed by atoms with van der Waals surface area (Å²) in [6.45, 7) is 1.81. The average molecular weight is 505 g/mol. The third kappa shape index (κ3) is 5.78. The van der Waals surface area contributed by atoms with E-state index in [-0.39, 0.29) is 23.4 Å². The van der Waals surface area contributed by atoms with Gasteiger partial charge in [0.15, 0.2) is 5.65 Å². The number of halogens is 3. The third-order valence-corrected chi connectivity index (χ3v) is 6.13. The van der Waals surface area contributed by atoms with E-state index >= 15 is 0 Å². The zero-order chi connectivity index (χ0) is 25.8. The molecule has 0 aliphatic carbocycles. The molecule has 188 valence electrons. The van der Waals surface area contributed by atoms with Crippen molar-refractivity contribution in [3.63, 3.8) is 0 Å². The summed E-state index contributed by atoms with van der Waals surface area (Å²) >= 11 is 0. The van der Waals surface area contributed by atoms with Crippen molar-refractivity contribution in [3.8, 4) is 11.8 Å². The normalized spacial score (nSPS) is 14.2. The van der Waals surface area contributed by atoms with E-state index in [1.165, 1.54) is 30.6 Å². The Kier molecular flexibility index (Phi) is 6.88. The molecule has 10 heteroatoms. The lowest BCUT2D eigenvalue weighted by Crippen LogP contribution is -2.30. The van der Waals surface area contributed by atoms with Crippen molar-refractivity contribution < 1.29 is 18.0 Å². The fourth-order valence-electron chi connectivity index (χ4n) is 4.30. The SMILES string of the molecule is O=C(Nc1ccc(CN2CCCCC2)c(C(F)(F)F)c1)c1cncc(C#Cc2cnc3cccnn23)c1. The molecule has 7 nitrogen and oxygen atoms in total. The maximum Gasteiger partial charge on any atom is 0.416 e. The number of carbonyl (C=O) groups excluding carboxylic acids is 1. The summed E-state index contributed by atoms with van der Waals surface area (Å²) in [6, 6.07) is 9.03. The van der Waals surface area contributed by atoms with Crippen LogP contribution in [0.15, 0.2) is 61.2 Å². The zero-order valence-corrected chi connectivity index (χ0v) is 19.8. The van der Waals surface area contributed by atoms with Gasteiger partial charge in [0.05, 0.1) is 17.3 Å². The molecule has 3 aromatic heterocycles. The summed E-state index contributed by atoms with van der Waals surface area (Å²) in [6.07, 6.45) is 4.60. The number of alkyl halides is 3. The van der Waals surface area contributed by atoms with Crippen LogP contribution in [0, 0.1) is 11.8 Å². The molecule has 0 bridgehead atoms. The average Bonchev–Trinajstić information content (AvgIpc) is 3.31. The van der Waals surface area contributed by atoms with Gasteiger partial charge in [-0.1, -0.05) is 18.4 Å². The van der Waals surface area contributed by atoms with Gasteiger partial charge in [-0.15, -0.1) is 0 Å². The van der Waals surface area contributed by atoms with Crippen molar-refractivity contribution >= 4 is 17.2 Å². The number of rotatable bonds is 4. The number of imidazole rings is 1. The van der Waals surface area contributed by atoms with Gasteiger partial charge in [-0.2, -0.15) is 18.3 Å². The molecule has 0 saturated carbocycles. The number of hydrogen-bond donors (Lipinski definition) is 1. The third-order valence-electron chi connectivity index (χ3n) is 6.13. The van der Waals surface area contributed by atoms with Crippen molar-refractivity contribution in [2.75, 3.05) is 18.4 Å². The van der Waals surface area contributed by atoms with Gasteiger partial charge in [-0.25, -0.2) is 9.50 Å². The number of piperidine rings is 1. The largest absolute Gasteiger partial charge is 0.416 e. The number of nitrogens with one attached hydrogen (secondary N) is 1. The summed E-state index contributed by atoms with van der Waals surface area (Å²) in [5.41, 5.74) is 1.38. The molecule has 0 unspecified atom stereocenters. The summed E-state index contributed by atoms with van der Waals surface area (Å²) < 4.78 is 43.1. The molecule has 1 amide bonds. The standard InChI is InChI=1S/C27H23F3N6O/c28-27(29,30)24-14-22(8-7-20(24)18-35-11-2-1-3-12-35)34-26(37)21-13-19(15-31-16-21)6-9-23-17-32-25-5-4-10-33-36(23)25/h4-5,7-8,10,13-17H,1-3,11-12,18H2,(H,34,37). The van der Waals surface area contributed by atoms with Crippen molar-refractivity contribution in [1.29, 1.82) is 0 Å². The van der Waals surface area contributed by atoms with Gasteiger partial charge in [-0.3, -0.25) is 14.7 Å². The number of aromatic nitrogens is 4. The lowest BCUT2D eigenvalue weighted by molar-refractivity contribution is -0.138. The van der Waals surface area contributed by atoms with Crippen molar-refractivity contribution in [3.05, 3.63) is 89.1 Å². The second-order valence-electron chi connectivity index (χ2n) is 8.81. The van der Waals surface area contributed by atoms with Crippen LogP contribution in [0.3, 0.4) is 0 Å². The van der Waals surface area contributed by atoms with Crippen LogP contribution in [0.1, 0.15) is 52.0 Å². The van der Waals surface area contributed by atoms with Crippen LogP contribution in [-0.2, 0) is 12.7 Å². The fraction of sp³-hybridized carbons (Fsp3) is 0.259. The Morgan fingerprint density at radius 1 is 1.03 bits per heavy atom. The van der Waals surface area contributed by atoms with Gasteiger partial charge in [0.25, 0.3) is 5.91 Å². The van der Waals surface area contributed by atoms with Gasteiger partial charge < -0.3 is 5.32 Å². The molecular formula is C27H23F3N6O. The molecule has 1 saturated heterocycles. The van der Waals surface area contributed by atoms with Crippen molar-refractivity contribution in [2.45, 2.75) is 32.0 Å². The highest BCUT2D eigenvalue weighted by molar-refractivity contribution is 6.04. The van der Waals surface area contributed by atoms with Crippen LogP contribution in [0.5, 0.6) is 0 Å². The number of fused-ring (bicyclic) bond motifs is 1. The summed E-state index contributed by atoms with van der Waals surface area (Å²) in [5, 5.41) is 6.76. The van der Waals surface area contributed by atoms with E-state index in [9.17, 15) is 18.0 Å². The topological polar surface area (TPSA) is 75.4 Å². The first kappa shape index (κ1) is 24.5. The Bertz CT molecular complexity index is 1500. The van der Waals surface area contributed by atoms with Crippen molar-refractivity contribution in [1.82, 2.24) is 24.5 Å². The molecule has 0 atom stereocenters. The lowest BCUT2D eigenvalue weighted by Gasteiger charge is -2.27. The number of benzene rings is 1. The van der Waals surface area contributed by atoms with E-state index in [2.05, 4.69) is 32.2 Å². The Morgan fingerprint density at radius 2 is 1.86 bits per heavy atom. The molecule has 1 fully saturated rings. The lowest BCUT2D eigenvalue weighted by atomic mass is 10.0. The molecule has 0 spiro atoms. The fourth-order valence-corrected chi connectivity index (χ4v) is 4.30. The molecular weight excluding hydrogens is 481 g/mol. The minimum absolute atomic E-state index is 0.0630. The van der Waals surface area contributed by atoms with Crippen LogP contribution in [0.4, 0.5) is 18.9 Å². The van der Waals surface area contributed by atoms with Crippen LogP contribution in [0.25, 0.3) is 5.65 Å². The predicted octanol–water partition coefficient (Wildman–Crippen LogP) is 4.78. The Balaban J connectivity index is 1.33. The smallest absolute Gasteiger partial charge is 0.322 e. The van der Waals surface area contributed by atoms with Crippen LogP contribution < -0.4 is 5.32 Å². The molecule has 1 aliphatic heterocycles. The number of amides is 1. The number of hydrogen-bond acceptors (Lipinski definition) is 5. The Labute approximate surface area is 211 Å². The number of nitrogens with zero attached hydrogens (tertiary/aromatic N) is 5. The molecule has 1 aromatic carbocycles. The number of carbonyl (C=O) groups is 1. The second kappa shape index (κ2) is 10.4. The van der Waals surface area contributed by atoms with Crippen LogP contribution >= 0.6 is 0 Å². The first-order valence-electron chi connectivity index (χ1n) is 11.9. The zero-order valence-electron chi connectivity index (χ0n) is 19.8. The highest BCUT2D eigenvalue weighted by atomic mass is 19.4. The molecule has 4 heterocycles. The van der Waals surface area contributed by atoms with E-state index in [0.717, 1.165) is 38.4 Å². The van der Waals surface area contributed by atoms with Gasteiger partial charge in [-0.05, 0) is 67.7 Å². The summed E-state index contributed by atoms with van der Waals surface area (Å²) in [7, 11) is 0. The maximum atomic E-state index is 13.8. The monoisotopic (exact) mass is 504 g/mol. The number of likely N-dealkylation sites (tertiary alicyclic amines) is 1. The predicted molar refractivity (Wildman–Crippen MR) is 132 cm³/mol. The second-order valence-corrected chi connectivity index (χ2v) is 8.81. The molecule has 1 aliphatic rings. The van der Waals surface area contributed by atoms with Gasteiger partial charge in [0.2, 0.25) is 0 Å². The Hall–Kier alpha value is -4.23. The molecule has 0 radical (unpaired) electrons. The first-order chi connectivity index (χ1) is 17.9. The maximum absolute atomic E-state index is 13.8. The minimum atomic E-state index is -4.53. The van der Waals surface area contributed by atoms with E-state index in [4.69, 9.17) is 0 Å².